The van der Waals surface area contributed by atoms with Crippen LogP contribution < -0.4 is 0 Å². The Morgan fingerprint density at radius 3 is 1.40 bits per heavy atom. The fourth-order valence-electron chi connectivity index (χ4n) is 0. The molecule has 0 aromatic rings. The van der Waals surface area contributed by atoms with Crippen LogP contribution in [0.1, 0.15) is 0 Å². The Morgan fingerprint density at radius 2 is 1.40 bits per heavy atom. The molecule has 0 fully saturated rings. The van der Waals surface area contributed by atoms with Crippen LogP contribution >= 0.6 is 0 Å². The van der Waals surface area contributed by atoms with Crippen molar-refractivity contribution in [1.29, 1.82) is 0 Å². The Hall–Kier alpha value is 1.59. The molecule has 0 atom stereocenters. The van der Waals surface area contributed by atoms with Crippen LogP contribution in [0.4, 0.5) is 0 Å². The number of thiol groups is 1. The Bertz CT molecular complexity index is 58.0. The van der Waals surface area contributed by atoms with Crippen LogP contribution in [0, 0.1) is 0 Å². The van der Waals surface area contributed by atoms with Gasteiger partial charge >= 0.3 is 51.4 Å². The van der Waals surface area contributed by atoms with Gasteiger partial charge in [0.15, 0.2) is 0 Å². The van der Waals surface area contributed by atoms with Gasteiger partial charge in [0.2, 0.25) is 0 Å². The van der Waals surface area contributed by atoms with Crippen molar-refractivity contribution in [2.75, 3.05) is 6.26 Å². The molecule has 0 saturated carbocycles. The predicted octanol–water partition coefficient (Wildman–Crippen LogP) is -1.42. The van der Waals surface area contributed by atoms with Crippen LogP contribution in [0.5, 0.6) is 0 Å². The van der Waals surface area contributed by atoms with Gasteiger partial charge in [-0.2, -0.15) is 0 Å². The molecule has 0 heterocycles. The second kappa shape index (κ2) is 5.59. The van der Waals surface area contributed by atoms with E-state index < -0.39 is 10.7 Å². The van der Waals surface area contributed by atoms with Crippen molar-refractivity contribution in [1.82, 2.24) is 0 Å². The summed E-state index contributed by atoms with van der Waals surface area (Å²) in [5.41, 5.74) is 0. The average molecular weight is 120 g/mol. The minimum absolute atomic E-state index is 0. The normalized spacial score (nSPS) is 6.80. The van der Waals surface area contributed by atoms with Crippen LogP contribution in [-0.4, -0.2) is 66.1 Å². The Balaban J connectivity index is 0. The van der Waals surface area contributed by atoms with Gasteiger partial charge in [-0.05, 0) is 0 Å². The first kappa shape index (κ1) is 9.77. The summed E-state index contributed by atoms with van der Waals surface area (Å²) in [7, 11) is -2.12. The van der Waals surface area contributed by atoms with Crippen molar-refractivity contribution < 1.29 is 8.42 Å². The van der Waals surface area contributed by atoms with E-state index in [1.807, 2.05) is 0 Å². The molecule has 0 aliphatic carbocycles. The van der Waals surface area contributed by atoms with E-state index in [1.54, 1.807) is 0 Å². The van der Waals surface area contributed by atoms with Gasteiger partial charge < -0.3 is 0 Å². The average Bonchev–Trinajstić information content (AvgIpc) is 0.811. The second-order valence-electron chi connectivity index (χ2n) is 0.440. The van der Waals surface area contributed by atoms with E-state index in [0.717, 1.165) is 6.26 Å². The van der Waals surface area contributed by atoms with Crippen molar-refractivity contribution in [3.05, 3.63) is 0 Å². The van der Waals surface area contributed by atoms with E-state index in [1.165, 1.54) is 0 Å². The van der Waals surface area contributed by atoms with Gasteiger partial charge in [0.1, 0.15) is 10.7 Å². The van der Waals surface area contributed by atoms with E-state index in [0.29, 0.717) is 0 Å². The molecule has 0 spiro atoms. The third-order valence-electron chi connectivity index (χ3n) is 0. The molecule has 0 aliphatic heterocycles. The standard InChI is InChI=1S/CH4O2S.K.H/c1-4(2)3;;/h4H,1H3;;. The zero-order valence-corrected chi connectivity index (χ0v) is 3.16. The Morgan fingerprint density at radius 1 is 1.40 bits per heavy atom. The molecule has 0 saturated heterocycles. The summed E-state index contributed by atoms with van der Waals surface area (Å²) in [6, 6.07) is 0. The molecule has 2 nitrogen and oxygen atoms in total. The van der Waals surface area contributed by atoms with Gasteiger partial charge in [0.05, 0.1) is 0 Å². The van der Waals surface area contributed by atoms with Gasteiger partial charge in [-0.1, -0.05) is 0 Å². The topological polar surface area (TPSA) is 34.1 Å². The van der Waals surface area contributed by atoms with Crippen LogP contribution in [0.25, 0.3) is 0 Å². The van der Waals surface area contributed by atoms with E-state index >= 15 is 0 Å². The SMILES string of the molecule is C[SH](=O)=O.[KH]. The fourth-order valence-corrected chi connectivity index (χ4v) is 0. The summed E-state index contributed by atoms with van der Waals surface area (Å²) in [5.74, 6) is 0. The first-order valence-electron chi connectivity index (χ1n) is 0.812. The van der Waals surface area contributed by atoms with E-state index in [4.69, 9.17) is 8.42 Å². The Kier molecular flexibility index (Phi) is 10.9. The van der Waals surface area contributed by atoms with Gasteiger partial charge in [-0.3, -0.25) is 0 Å². The number of hydrogen-bond acceptors (Lipinski definition) is 2. The van der Waals surface area contributed by atoms with Gasteiger partial charge in [-0.25, -0.2) is 8.42 Å². The summed E-state index contributed by atoms with van der Waals surface area (Å²) >= 11 is 0. The first-order chi connectivity index (χ1) is 1.73. The monoisotopic (exact) mass is 120 g/mol. The van der Waals surface area contributed by atoms with Gasteiger partial charge in [0, 0.05) is 6.26 Å². The number of rotatable bonds is 0. The third-order valence-corrected chi connectivity index (χ3v) is 0. The molecule has 0 aromatic heterocycles. The molecule has 0 aliphatic rings. The summed E-state index contributed by atoms with van der Waals surface area (Å²) < 4.78 is 18.1. The van der Waals surface area contributed by atoms with Crippen LogP contribution in [0.2, 0.25) is 0 Å². The van der Waals surface area contributed by atoms with Gasteiger partial charge in [0.25, 0.3) is 0 Å². The quantitative estimate of drug-likeness (QED) is 0.314. The molecule has 5 heavy (non-hydrogen) atoms. The molecule has 0 radical (unpaired) electrons. The molecule has 0 aromatic carbocycles. The van der Waals surface area contributed by atoms with Crippen LogP contribution in [0.3, 0.4) is 0 Å². The van der Waals surface area contributed by atoms with E-state index in [9.17, 15) is 0 Å². The maximum atomic E-state index is 9.04. The van der Waals surface area contributed by atoms with Crippen molar-refractivity contribution >= 4 is 62.1 Å². The predicted molar refractivity (Wildman–Crippen MR) is 23.4 cm³/mol. The first-order valence-corrected chi connectivity index (χ1v) is 2.44. The minimum atomic E-state index is -2.12. The van der Waals surface area contributed by atoms with Crippen molar-refractivity contribution in [3.8, 4) is 0 Å². The summed E-state index contributed by atoms with van der Waals surface area (Å²) in [5, 5.41) is 0. The molecule has 28 valence electrons. The van der Waals surface area contributed by atoms with E-state index in [2.05, 4.69) is 0 Å². The molecule has 4 heteroatoms. The van der Waals surface area contributed by atoms with Crippen molar-refractivity contribution in [2.24, 2.45) is 0 Å². The zero-order valence-electron chi connectivity index (χ0n) is 2.26. The molecule has 0 N–H and O–H groups in total. The zero-order chi connectivity index (χ0) is 3.58. The maximum absolute atomic E-state index is 9.04. The number of hydrogen-bond donors (Lipinski definition) is 1. The summed E-state index contributed by atoms with van der Waals surface area (Å²) in [6.45, 7) is 0. The van der Waals surface area contributed by atoms with Crippen LogP contribution in [-0.2, 0) is 10.7 Å². The van der Waals surface area contributed by atoms with Crippen LogP contribution in [0.15, 0.2) is 0 Å². The summed E-state index contributed by atoms with van der Waals surface area (Å²) in [4.78, 5) is 0. The molecule has 0 amide bonds. The summed E-state index contributed by atoms with van der Waals surface area (Å²) in [6.07, 6.45) is 1.12. The molecule has 0 bridgehead atoms. The molecule has 0 rings (SSSR count). The van der Waals surface area contributed by atoms with Crippen molar-refractivity contribution in [2.45, 2.75) is 0 Å². The van der Waals surface area contributed by atoms with E-state index in [-0.39, 0.29) is 51.4 Å². The van der Waals surface area contributed by atoms with Crippen molar-refractivity contribution in [3.63, 3.8) is 0 Å². The third kappa shape index (κ3) is 28.6. The fraction of sp³-hybridized carbons (Fsp3) is 1.00. The Labute approximate surface area is 75.3 Å². The molecule has 0 unspecified atom stereocenters. The molecular formula is CH5KO2S. The second-order valence-corrected chi connectivity index (χ2v) is 1.32. The van der Waals surface area contributed by atoms with Gasteiger partial charge in [-0.15, -0.1) is 0 Å². The molecular weight excluding hydrogens is 115 g/mol.